The maximum absolute atomic E-state index is 13.1. The molecule has 1 aromatic heterocycles. The molecule has 3 rings (SSSR count). The van der Waals surface area contributed by atoms with Crippen LogP contribution in [0.1, 0.15) is 25.3 Å². The van der Waals surface area contributed by atoms with E-state index in [2.05, 4.69) is 10.3 Å². The molecule has 30 heavy (non-hydrogen) atoms. The fraction of sp³-hybridized carbons (Fsp3) is 0.292. The predicted octanol–water partition coefficient (Wildman–Crippen LogP) is 3.91. The van der Waals surface area contributed by atoms with E-state index < -0.39 is 5.97 Å². The number of ether oxygens (including phenoxy) is 1. The number of carbonyl (C=O) groups is 1. The average molecular weight is 405 g/mol. The zero-order chi connectivity index (χ0) is 21.2. The van der Waals surface area contributed by atoms with E-state index >= 15 is 0 Å². The van der Waals surface area contributed by atoms with E-state index in [9.17, 15) is 9.59 Å². The van der Waals surface area contributed by atoms with Crippen LogP contribution in [0.25, 0.3) is 11.3 Å². The monoisotopic (exact) mass is 405 g/mol. The topological polar surface area (TPSA) is 73.2 Å². The van der Waals surface area contributed by atoms with Gasteiger partial charge in [0.25, 0.3) is 5.56 Å². The Bertz CT molecular complexity index is 1000. The maximum Gasteiger partial charge on any atom is 0.326 e. The number of carbonyl (C=O) groups excluding carboxylic acids is 1. The molecule has 3 aromatic rings. The summed E-state index contributed by atoms with van der Waals surface area (Å²) >= 11 is 0. The van der Waals surface area contributed by atoms with Crippen molar-refractivity contribution in [2.24, 2.45) is 0 Å². The molecule has 0 aliphatic heterocycles. The molecule has 2 aromatic carbocycles. The zero-order valence-electron chi connectivity index (χ0n) is 17.2. The highest BCUT2D eigenvalue weighted by Gasteiger charge is 2.15. The second-order valence-electron chi connectivity index (χ2n) is 6.99. The lowest BCUT2D eigenvalue weighted by molar-refractivity contribution is -0.144. The van der Waals surface area contributed by atoms with Crippen LogP contribution in [-0.4, -0.2) is 28.7 Å². The number of aromatic nitrogens is 2. The van der Waals surface area contributed by atoms with Gasteiger partial charge in [0.1, 0.15) is 6.54 Å². The number of anilines is 1. The van der Waals surface area contributed by atoms with E-state index in [1.165, 1.54) is 10.1 Å². The molecule has 1 heterocycles. The first-order valence-electron chi connectivity index (χ1n) is 10.3. The second kappa shape index (κ2) is 11.0. The van der Waals surface area contributed by atoms with Gasteiger partial charge in [-0.2, -0.15) is 0 Å². The Kier molecular flexibility index (Phi) is 7.78. The van der Waals surface area contributed by atoms with Gasteiger partial charge in [0.2, 0.25) is 0 Å². The predicted molar refractivity (Wildman–Crippen MR) is 118 cm³/mol. The number of rotatable bonds is 10. The van der Waals surface area contributed by atoms with Crippen molar-refractivity contribution in [2.45, 2.75) is 32.7 Å². The maximum atomic E-state index is 13.1. The number of esters is 1. The summed E-state index contributed by atoms with van der Waals surface area (Å²) in [4.78, 5) is 29.7. The van der Waals surface area contributed by atoms with E-state index in [0.717, 1.165) is 24.8 Å². The smallest absolute Gasteiger partial charge is 0.326 e. The summed E-state index contributed by atoms with van der Waals surface area (Å²) in [5.74, 6) is -0.198. The molecule has 0 aliphatic carbocycles. The van der Waals surface area contributed by atoms with Gasteiger partial charge in [-0.1, -0.05) is 74.0 Å². The van der Waals surface area contributed by atoms with Crippen LogP contribution in [-0.2, 0) is 22.5 Å². The van der Waals surface area contributed by atoms with Crippen molar-refractivity contribution in [1.29, 1.82) is 0 Å². The molecule has 0 amide bonds. The van der Waals surface area contributed by atoms with Gasteiger partial charge in [-0.05, 0) is 24.0 Å². The zero-order valence-corrected chi connectivity index (χ0v) is 17.2. The minimum Gasteiger partial charge on any atom is -0.464 e. The lowest BCUT2D eigenvalue weighted by atomic mass is 10.1. The molecule has 156 valence electrons. The first-order chi connectivity index (χ1) is 14.7. The van der Waals surface area contributed by atoms with Crippen molar-refractivity contribution in [3.05, 3.63) is 82.8 Å². The molecule has 0 bridgehead atoms. The molecule has 0 atom stereocenters. The minimum atomic E-state index is -0.427. The van der Waals surface area contributed by atoms with Gasteiger partial charge in [0.15, 0.2) is 5.82 Å². The molecule has 6 heteroatoms. The molecule has 0 unspecified atom stereocenters. The van der Waals surface area contributed by atoms with Crippen LogP contribution in [0.3, 0.4) is 0 Å². The summed E-state index contributed by atoms with van der Waals surface area (Å²) < 4.78 is 6.70. The van der Waals surface area contributed by atoms with Crippen LogP contribution >= 0.6 is 0 Å². The van der Waals surface area contributed by atoms with Crippen LogP contribution in [0.5, 0.6) is 0 Å². The first-order valence-corrected chi connectivity index (χ1v) is 10.3. The van der Waals surface area contributed by atoms with Crippen molar-refractivity contribution in [3.8, 4) is 11.3 Å². The van der Waals surface area contributed by atoms with Gasteiger partial charge in [-0.3, -0.25) is 14.2 Å². The van der Waals surface area contributed by atoms with Gasteiger partial charge in [-0.25, -0.2) is 4.98 Å². The van der Waals surface area contributed by atoms with Gasteiger partial charge >= 0.3 is 5.97 Å². The summed E-state index contributed by atoms with van der Waals surface area (Å²) in [6.45, 7) is 2.81. The molecule has 0 fully saturated rings. The Morgan fingerprint density at radius 1 is 1.07 bits per heavy atom. The average Bonchev–Trinajstić information content (AvgIpc) is 2.78. The molecular formula is C24H27N3O3. The van der Waals surface area contributed by atoms with Crippen LogP contribution in [0.2, 0.25) is 0 Å². The largest absolute Gasteiger partial charge is 0.464 e. The van der Waals surface area contributed by atoms with Crippen molar-refractivity contribution in [1.82, 2.24) is 9.55 Å². The fourth-order valence-electron chi connectivity index (χ4n) is 3.08. The molecule has 0 saturated carbocycles. The van der Waals surface area contributed by atoms with Crippen molar-refractivity contribution >= 4 is 11.8 Å². The number of benzene rings is 2. The van der Waals surface area contributed by atoms with E-state index in [0.29, 0.717) is 18.8 Å². The van der Waals surface area contributed by atoms with Gasteiger partial charge in [-0.15, -0.1) is 0 Å². The number of nitrogens with zero attached hydrogens (tertiary/aromatic N) is 2. The summed E-state index contributed by atoms with van der Waals surface area (Å²) in [6, 6.07) is 19.5. The van der Waals surface area contributed by atoms with Crippen LogP contribution in [0.4, 0.5) is 5.82 Å². The highest BCUT2D eigenvalue weighted by atomic mass is 16.5. The van der Waals surface area contributed by atoms with Gasteiger partial charge < -0.3 is 10.1 Å². The lowest BCUT2D eigenvalue weighted by Gasteiger charge is -2.14. The summed E-state index contributed by atoms with van der Waals surface area (Å²) in [7, 11) is 0. The van der Waals surface area contributed by atoms with E-state index in [4.69, 9.17) is 4.74 Å². The number of hydrogen-bond acceptors (Lipinski definition) is 5. The number of hydrogen-bond donors (Lipinski definition) is 1. The Balaban J connectivity index is 1.81. The van der Waals surface area contributed by atoms with E-state index in [1.807, 2.05) is 67.6 Å². The van der Waals surface area contributed by atoms with Crippen LogP contribution in [0.15, 0.2) is 71.7 Å². The Morgan fingerprint density at radius 3 is 2.47 bits per heavy atom. The van der Waals surface area contributed by atoms with E-state index in [1.54, 1.807) is 6.20 Å². The Morgan fingerprint density at radius 2 is 1.77 bits per heavy atom. The Hall–Kier alpha value is -3.41. The fourth-order valence-corrected chi connectivity index (χ4v) is 3.08. The van der Waals surface area contributed by atoms with Crippen molar-refractivity contribution in [3.63, 3.8) is 0 Å². The molecule has 1 N–H and O–H groups in total. The molecule has 0 radical (unpaired) electrons. The molecule has 6 nitrogen and oxygen atoms in total. The highest BCUT2D eigenvalue weighted by molar-refractivity contribution is 5.71. The van der Waals surface area contributed by atoms with Gasteiger partial charge in [0.05, 0.1) is 18.5 Å². The molecular weight excluding hydrogens is 378 g/mol. The third kappa shape index (κ3) is 5.80. The highest BCUT2D eigenvalue weighted by Crippen LogP contribution is 2.17. The third-order valence-electron chi connectivity index (χ3n) is 4.72. The lowest BCUT2D eigenvalue weighted by Crippen LogP contribution is -2.30. The molecule has 0 aliphatic rings. The van der Waals surface area contributed by atoms with E-state index in [-0.39, 0.29) is 17.9 Å². The van der Waals surface area contributed by atoms with Crippen LogP contribution < -0.4 is 10.9 Å². The normalized spacial score (nSPS) is 10.6. The third-order valence-corrected chi connectivity index (χ3v) is 4.72. The van der Waals surface area contributed by atoms with Crippen molar-refractivity contribution in [2.75, 3.05) is 18.5 Å². The SMILES string of the molecule is CCCCOC(=O)Cn1c(-c2ccccc2)cnc(NCCc2ccccc2)c1=O. The standard InChI is InChI=1S/C24H27N3O3/c1-2-3-16-30-22(28)18-27-21(20-12-8-5-9-13-20)17-26-23(24(27)29)25-15-14-19-10-6-4-7-11-19/h4-13,17H,2-3,14-16,18H2,1H3,(H,25,26). The summed E-state index contributed by atoms with van der Waals surface area (Å²) in [5, 5.41) is 3.11. The first kappa shape index (κ1) is 21.3. The minimum absolute atomic E-state index is 0.150. The number of unbranched alkanes of at least 4 members (excludes halogenated alkanes) is 1. The van der Waals surface area contributed by atoms with Crippen LogP contribution in [0, 0.1) is 0 Å². The Labute approximate surface area is 176 Å². The summed E-state index contributed by atoms with van der Waals surface area (Å²) in [6.07, 6.45) is 4.13. The van der Waals surface area contributed by atoms with Crippen molar-refractivity contribution < 1.29 is 9.53 Å². The van der Waals surface area contributed by atoms with Gasteiger partial charge in [0, 0.05) is 6.54 Å². The molecule has 0 spiro atoms. The summed E-state index contributed by atoms with van der Waals surface area (Å²) in [5.41, 5.74) is 2.24. The number of nitrogens with one attached hydrogen (secondary N) is 1. The second-order valence-corrected chi connectivity index (χ2v) is 6.99. The molecule has 0 saturated heterocycles. The quantitative estimate of drug-likeness (QED) is 0.409.